The fourth-order valence-corrected chi connectivity index (χ4v) is 2.56. The predicted molar refractivity (Wildman–Crippen MR) is 61.5 cm³/mol. The van der Waals surface area contributed by atoms with Crippen LogP contribution in [0.1, 0.15) is 0 Å². The summed E-state index contributed by atoms with van der Waals surface area (Å²) >= 11 is 6.73. The second-order valence-electron chi connectivity index (χ2n) is 2.88. The molecule has 1 N–H and O–H groups in total. The molecule has 6 heteroatoms. The molecule has 1 saturated heterocycles. The van der Waals surface area contributed by atoms with Crippen LogP contribution in [0, 0.1) is 0 Å². The Kier molecular flexibility index (Phi) is 4.47. The SMILES string of the molecule is CNC(=S)N1CCS[C@@H](C(=O)OC)C1. The van der Waals surface area contributed by atoms with Crippen LogP contribution in [0.3, 0.4) is 0 Å². The van der Waals surface area contributed by atoms with E-state index in [0.29, 0.717) is 11.7 Å². The number of thiocarbonyl (C=S) groups is 1. The lowest BCUT2D eigenvalue weighted by molar-refractivity contribution is -0.140. The number of thioether (sulfide) groups is 1. The first-order valence-electron chi connectivity index (χ1n) is 4.35. The fourth-order valence-electron chi connectivity index (χ4n) is 1.27. The number of carbonyl (C=O) groups is 1. The number of hydrogen-bond donors (Lipinski definition) is 1. The molecule has 0 radical (unpaired) electrons. The van der Waals surface area contributed by atoms with Gasteiger partial charge in [-0.15, -0.1) is 11.8 Å². The van der Waals surface area contributed by atoms with E-state index in [1.165, 1.54) is 7.11 Å². The molecular formula is C8H14N2O2S2. The van der Waals surface area contributed by atoms with Crippen LogP contribution in [-0.4, -0.2) is 54.2 Å². The lowest BCUT2D eigenvalue weighted by Crippen LogP contribution is -2.48. The first-order valence-corrected chi connectivity index (χ1v) is 5.80. The summed E-state index contributed by atoms with van der Waals surface area (Å²) in [5.41, 5.74) is 0. The molecule has 0 amide bonds. The predicted octanol–water partition coefficient (Wildman–Crippen LogP) is 0.0811. The summed E-state index contributed by atoms with van der Waals surface area (Å²) in [6.07, 6.45) is 0. The van der Waals surface area contributed by atoms with Crippen LogP contribution in [-0.2, 0) is 9.53 Å². The van der Waals surface area contributed by atoms with Gasteiger partial charge in [-0.3, -0.25) is 4.79 Å². The minimum absolute atomic E-state index is 0.111. The van der Waals surface area contributed by atoms with Gasteiger partial charge in [0.2, 0.25) is 0 Å². The maximum atomic E-state index is 11.3. The zero-order valence-corrected chi connectivity index (χ0v) is 9.91. The van der Waals surface area contributed by atoms with Crippen LogP contribution in [0.15, 0.2) is 0 Å². The van der Waals surface area contributed by atoms with Crippen molar-refractivity contribution in [2.24, 2.45) is 0 Å². The van der Waals surface area contributed by atoms with E-state index in [-0.39, 0.29) is 11.2 Å². The third-order valence-electron chi connectivity index (χ3n) is 2.03. The third-order valence-corrected chi connectivity index (χ3v) is 3.66. The summed E-state index contributed by atoms with van der Waals surface area (Å²) in [7, 11) is 3.20. The Morgan fingerprint density at radius 3 is 3.00 bits per heavy atom. The molecule has 1 aliphatic rings. The molecule has 0 spiro atoms. The summed E-state index contributed by atoms with van der Waals surface area (Å²) in [6.45, 7) is 1.52. The van der Waals surface area contributed by atoms with Gasteiger partial charge in [0, 0.05) is 25.9 Å². The number of rotatable bonds is 1. The molecule has 0 aromatic rings. The van der Waals surface area contributed by atoms with Crippen molar-refractivity contribution in [2.75, 3.05) is 33.0 Å². The molecular weight excluding hydrogens is 220 g/mol. The van der Waals surface area contributed by atoms with E-state index >= 15 is 0 Å². The quantitative estimate of drug-likeness (QED) is 0.512. The third kappa shape index (κ3) is 2.75. The second kappa shape index (κ2) is 5.41. The molecule has 4 nitrogen and oxygen atoms in total. The molecule has 1 heterocycles. The first-order chi connectivity index (χ1) is 6.69. The molecule has 80 valence electrons. The van der Waals surface area contributed by atoms with Gasteiger partial charge in [-0.2, -0.15) is 0 Å². The normalized spacial score (nSPS) is 21.6. The van der Waals surface area contributed by atoms with E-state index in [0.717, 1.165) is 12.3 Å². The van der Waals surface area contributed by atoms with Crippen LogP contribution >= 0.6 is 24.0 Å². The highest BCUT2D eigenvalue weighted by Crippen LogP contribution is 2.19. The number of methoxy groups -OCH3 is 1. The number of esters is 1. The molecule has 0 unspecified atom stereocenters. The molecule has 0 bridgehead atoms. The van der Waals surface area contributed by atoms with Crippen molar-refractivity contribution in [3.63, 3.8) is 0 Å². The maximum Gasteiger partial charge on any atom is 0.320 e. The van der Waals surface area contributed by atoms with Gasteiger partial charge in [-0.25, -0.2) is 0 Å². The van der Waals surface area contributed by atoms with Crippen molar-refractivity contribution in [3.8, 4) is 0 Å². The van der Waals surface area contributed by atoms with Crippen molar-refractivity contribution < 1.29 is 9.53 Å². The molecule has 0 aromatic carbocycles. The Bertz CT molecular complexity index is 213. The molecule has 0 saturated carbocycles. The van der Waals surface area contributed by atoms with Crippen LogP contribution < -0.4 is 5.32 Å². The smallest absolute Gasteiger partial charge is 0.320 e. The molecule has 1 fully saturated rings. The van der Waals surface area contributed by atoms with Crippen molar-refractivity contribution in [3.05, 3.63) is 0 Å². The summed E-state index contributed by atoms with van der Waals surface area (Å²) in [4.78, 5) is 13.3. The van der Waals surface area contributed by atoms with Crippen molar-refractivity contribution >= 4 is 35.1 Å². The van der Waals surface area contributed by atoms with Gasteiger partial charge in [-0.05, 0) is 12.2 Å². The number of nitrogens with zero attached hydrogens (tertiary/aromatic N) is 1. The van der Waals surface area contributed by atoms with E-state index in [1.807, 2.05) is 4.90 Å². The number of carbonyl (C=O) groups excluding carboxylic acids is 1. The van der Waals surface area contributed by atoms with E-state index in [1.54, 1.807) is 18.8 Å². The Labute approximate surface area is 93.4 Å². The van der Waals surface area contributed by atoms with Gasteiger partial charge >= 0.3 is 5.97 Å². The summed E-state index contributed by atoms with van der Waals surface area (Å²) in [6, 6.07) is 0. The minimum Gasteiger partial charge on any atom is -0.468 e. The first kappa shape index (κ1) is 11.6. The van der Waals surface area contributed by atoms with Gasteiger partial charge in [0.25, 0.3) is 0 Å². The Hall–Kier alpha value is -0.490. The topological polar surface area (TPSA) is 41.6 Å². The maximum absolute atomic E-state index is 11.3. The Morgan fingerprint density at radius 1 is 1.71 bits per heavy atom. The van der Waals surface area contributed by atoms with Crippen LogP contribution in [0.4, 0.5) is 0 Å². The monoisotopic (exact) mass is 234 g/mol. The lowest BCUT2D eigenvalue weighted by atomic mass is 10.3. The van der Waals surface area contributed by atoms with E-state index in [4.69, 9.17) is 17.0 Å². The van der Waals surface area contributed by atoms with Crippen molar-refractivity contribution in [2.45, 2.75) is 5.25 Å². The highest BCUT2D eigenvalue weighted by atomic mass is 32.2. The summed E-state index contributed by atoms with van der Waals surface area (Å²) in [5, 5.41) is 3.49. The molecule has 0 aliphatic carbocycles. The molecule has 0 aromatic heterocycles. The molecule has 1 atom stereocenters. The zero-order valence-electron chi connectivity index (χ0n) is 8.28. The van der Waals surface area contributed by atoms with Gasteiger partial charge < -0.3 is 15.0 Å². The Morgan fingerprint density at radius 2 is 2.43 bits per heavy atom. The largest absolute Gasteiger partial charge is 0.468 e. The van der Waals surface area contributed by atoms with Gasteiger partial charge in [0.1, 0.15) is 5.25 Å². The number of nitrogens with one attached hydrogen (secondary N) is 1. The van der Waals surface area contributed by atoms with Crippen molar-refractivity contribution in [1.82, 2.24) is 10.2 Å². The van der Waals surface area contributed by atoms with E-state index in [2.05, 4.69) is 5.32 Å². The van der Waals surface area contributed by atoms with Crippen LogP contribution in [0.2, 0.25) is 0 Å². The van der Waals surface area contributed by atoms with Crippen LogP contribution in [0.5, 0.6) is 0 Å². The lowest BCUT2D eigenvalue weighted by Gasteiger charge is -2.32. The zero-order chi connectivity index (χ0) is 10.6. The standard InChI is InChI=1S/C8H14N2O2S2/c1-9-8(13)10-3-4-14-6(5-10)7(11)12-2/h6H,3-5H2,1-2H3,(H,9,13)/t6-/m1/s1. The average molecular weight is 234 g/mol. The highest BCUT2D eigenvalue weighted by Gasteiger charge is 2.27. The van der Waals surface area contributed by atoms with E-state index in [9.17, 15) is 4.79 Å². The van der Waals surface area contributed by atoms with Gasteiger partial charge in [0.15, 0.2) is 5.11 Å². The minimum atomic E-state index is -0.168. The highest BCUT2D eigenvalue weighted by molar-refractivity contribution is 8.00. The molecule has 1 rings (SSSR count). The van der Waals surface area contributed by atoms with E-state index < -0.39 is 0 Å². The molecule has 14 heavy (non-hydrogen) atoms. The second-order valence-corrected chi connectivity index (χ2v) is 4.58. The molecule has 1 aliphatic heterocycles. The van der Waals surface area contributed by atoms with Gasteiger partial charge in [0.05, 0.1) is 7.11 Å². The summed E-state index contributed by atoms with van der Waals surface area (Å²) in [5.74, 6) is 0.736. The Balaban J connectivity index is 2.51. The van der Waals surface area contributed by atoms with Gasteiger partial charge in [-0.1, -0.05) is 0 Å². The fraction of sp³-hybridized carbons (Fsp3) is 0.750. The number of ether oxygens (including phenoxy) is 1. The summed E-state index contributed by atoms with van der Waals surface area (Å²) < 4.78 is 4.70. The number of hydrogen-bond acceptors (Lipinski definition) is 4. The van der Waals surface area contributed by atoms with Crippen molar-refractivity contribution in [1.29, 1.82) is 0 Å². The van der Waals surface area contributed by atoms with Crippen LogP contribution in [0.25, 0.3) is 0 Å². The average Bonchev–Trinajstić information content (AvgIpc) is 2.27.